The van der Waals surface area contributed by atoms with Crippen molar-refractivity contribution in [3.8, 4) is 0 Å². The fourth-order valence-electron chi connectivity index (χ4n) is 3.33. The Labute approximate surface area is 166 Å². The maximum Gasteiger partial charge on any atom is 0.146 e. The molecule has 2 nitrogen and oxygen atoms in total. The van der Waals surface area contributed by atoms with Crippen LogP contribution in [0.2, 0.25) is 0 Å². The summed E-state index contributed by atoms with van der Waals surface area (Å²) in [6.07, 6.45) is 14.5. The van der Waals surface area contributed by atoms with Crippen LogP contribution in [0, 0.1) is 11.8 Å². The highest BCUT2D eigenvalue weighted by atomic mass is 127. The highest BCUT2D eigenvalue weighted by molar-refractivity contribution is 14.1. The van der Waals surface area contributed by atoms with Crippen LogP contribution in [0.4, 0.5) is 0 Å². The van der Waals surface area contributed by atoms with Crippen molar-refractivity contribution in [3.63, 3.8) is 0 Å². The first-order valence-electron chi connectivity index (χ1n) is 10.4. The van der Waals surface area contributed by atoms with Crippen LogP contribution >= 0.6 is 22.6 Å². The second kappa shape index (κ2) is 18.4. The quantitative estimate of drug-likeness (QED) is 0.0931. The Morgan fingerprint density at radius 3 is 1.92 bits per heavy atom. The summed E-state index contributed by atoms with van der Waals surface area (Å²) in [4.78, 5) is 0. The van der Waals surface area contributed by atoms with E-state index in [0.29, 0.717) is 6.79 Å². The third-order valence-electron chi connectivity index (χ3n) is 4.58. The van der Waals surface area contributed by atoms with Gasteiger partial charge < -0.3 is 9.47 Å². The van der Waals surface area contributed by atoms with E-state index in [-0.39, 0.29) is 0 Å². The molecule has 0 rings (SSSR count). The summed E-state index contributed by atoms with van der Waals surface area (Å²) in [7, 11) is 0. The predicted molar refractivity (Wildman–Crippen MR) is 115 cm³/mol. The van der Waals surface area contributed by atoms with E-state index in [1.165, 1.54) is 64.2 Å². The van der Waals surface area contributed by atoms with Crippen LogP contribution in [0.3, 0.4) is 0 Å². The average Bonchev–Trinajstić information content (AvgIpc) is 2.51. The normalized spacial score (nSPS) is 15.4. The summed E-state index contributed by atoms with van der Waals surface area (Å²) in [5.41, 5.74) is 0. The fourth-order valence-corrected chi connectivity index (χ4v) is 4.20. The Morgan fingerprint density at radius 1 is 0.708 bits per heavy atom. The van der Waals surface area contributed by atoms with Crippen LogP contribution in [-0.4, -0.2) is 23.9 Å². The molecule has 0 aliphatic rings. The van der Waals surface area contributed by atoms with E-state index in [9.17, 15) is 0 Å². The van der Waals surface area contributed by atoms with E-state index >= 15 is 0 Å². The van der Waals surface area contributed by atoms with E-state index in [4.69, 9.17) is 9.47 Å². The van der Waals surface area contributed by atoms with Gasteiger partial charge in [-0.05, 0) is 43.9 Å². The molecule has 0 aliphatic heterocycles. The lowest BCUT2D eigenvalue weighted by Gasteiger charge is -2.18. The first kappa shape index (κ1) is 24.7. The third-order valence-corrected chi connectivity index (χ3v) is 5.08. The van der Waals surface area contributed by atoms with Crippen molar-refractivity contribution >= 4 is 22.6 Å². The molecule has 0 N–H and O–H groups in total. The zero-order valence-electron chi connectivity index (χ0n) is 16.8. The van der Waals surface area contributed by atoms with E-state index in [1.807, 2.05) is 0 Å². The van der Waals surface area contributed by atoms with Gasteiger partial charge in [0.25, 0.3) is 0 Å². The largest absolute Gasteiger partial charge is 0.355 e. The van der Waals surface area contributed by atoms with Crippen LogP contribution in [0.1, 0.15) is 98.3 Å². The molecule has 0 heterocycles. The summed E-state index contributed by atoms with van der Waals surface area (Å²) in [6, 6.07) is 0. The third kappa shape index (κ3) is 19.0. The smallest absolute Gasteiger partial charge is 0.146 e. The molecule has 3 heteroatoms. The molecule has 24 heavy (non-hydrogen) atoms. The molecular weight excluding hydrogens is 411 g/mol. The maximum atomic E-state index is 5.59. The Bertz CT molecular complexity index is 246. The van der Waals surface area contributed by atoms with Gasteiger partial charge in [0.2, 0.25) is 0 Å². The predicted octanol–water partition coefficient (Wildman–Crippen LogP) is 7.38. The lowest BCUT2D eigenvalue weighted by Crippen LogP contribution is -2.08. The van der Waals surface area contributed by atoms with Gasteiger partial charge in [0.1, 0.15) is 6.79 Å². The molecule has 0 aromatic carbocycles. The molecule has 0 aromatic rings. The van der Waals surface area contributed by atoms with Crippen LogP contribution in [0.25, 0.3) is 0 Å². The van der Waals surface area contributed by atoms with Gasteiger partial charge in [-0.3, -0.25) is 0 Å². The van der Waals surface area contributed by atoms with Gasteiger partial charge in [-0.2, -0.15) is 0 Å². The number of alkyl halides is 1. The van der Waals surface area contributed by atoms with E-state index < -0.39 is 0 Å². The Balaban J connectivity index is 3.22. The van der Waals surface area contributed by atoms with Crippen molar-refractivity contribution in [2.75, 3.05) is 20.0 Å². The number of unbranched alkanes of at least 4 members (excludes halogenated alkanes) is 6. The molecule has 0 radical (unpaired) electrons. The Morgan fingerprint density at radius 2 is 1.29 bits per heavy atom. The zero-order valence-corrected chi connectivity index (χ0v) is 19.0. The summed E-state index contributed by atoms with van der Waals surface area (Å²) in [6.45, 7) is 11.5. The molecule has 0 saturated carbocycles. The minimum absolute atomic E-state index is 0.479. The number of rotatable bonds is 18. The van der Waals surface area contributed by atoms with Gasteiger partial charge in [-0.15, -0.1) is 0 Å². The number of halogens is 1. The van der Waals surface area contributed by atoms with E-state index in [1.54, 1.807) is 0 Å². The van der Waals surface area contributed by atoms with Crippen molar-refractivity contribution in [2.45, 2.75) is 102 Å². The molecule has 0 bridgehead atoms. The minimum atomic E-state index is 0.479. The Kier molecular flexibility index (Phi) is 18.9. The van der Waals surface area contributed by atoms with Crippen LogP contribution in [0.5, 0.6) is 0 Å². The average molecular weight is 454 g/mol. The molecular formula is C21H43IO2. The monoisotopic (exact) mass is 454 g/mol. The van der Waals surface area contributed by atoms with Crippen LogP contribution in [-0.2, 0) is 9.47 Å². The second-order valence-corrected chi connectivity index (χ2v) is 9.79. The topological polar surface area (TPSA) is 18.5 Å². The van der Waals surface area contributed by atoms with Crippen molar-refractivity contribution in [2.24, 2.45) is 11.8 Å². The highest BCUT2D eigenvalue weighted by Crippen LogP contribution is 2.22. The van der Waals surface area contributed by atoms with E-state index in [0.717, 1.165) is 35.4 Å². The van der Waals surface area contributed by atoms with Crippen molar-refractivity contribution in [1.29, 1.82) is 0 Å². The maximum absolute atomic E-state index is 5.59. The molecule has 0 spiro atoms. The molecule has 3 atom stereocenters. The highest BCUT2D eigenvalue weighted by Gasteiger charge is 2.10. The molecule has 0 saturated heterocycles. The number of hydrogen-bond donors (Lipinski definition) is 0. The summed E-state index contributed by atoms with van der Waals surface area (Å²) >= 11 is 2.53. The molecule has 146 valence electrons. The zero-order chi connectivity index (χ0) is 18.0. The van der Waals surface area contributed by atoms with Gasteiger partial charge >= 0.3 is 0 Å². The SMILES string of the molecule is CCCCCCCCCOCOCCCC(C)CC(C)CC(C)I. The molecule has 0 aromatic heterocycles. The second-order valence-electron chi connectivity index (χ2n) is 7.66. The molecule has 3 unspecified atom stereocenters. The standard InChI is InChI=1S/C21H43IO2/c1-5-6-7-8-9-10-11-14-23-18-24-15-12-13-19(2)16-20(3)17-21(4)22/h19-21H,5-18H2,1-4H3. The van der Waals surface area contributed by atoms with Gasteiger partial charge in [0.15, 0.2) is 0 Å². The van der Waals surface area contributed by atoms with Gasteiger partial charge in [0, 0.05) is 17.1 Å². The van der Waals surface area contributed by atoms with Crippen LogP contribution in [0.15, 0.2) is 0 Å². The lowest BCUT2D eigenvalue weighted by molar-refractivity contribution is -0.0561. The summed E-state index contributed by atoms with van der Waals surface area (Å²) in [5, 5.41) is 0. The van der Waals surface area contributed by atoms with Crippen molar-refractivity contribution < 1.29 is 9.47 Å². The lowest BCUT2D eigenvalue weighted by atomic mass is 9.91. The van der Waals surface area contributed by atoms with Gasteiger partial charge in [0.05, 0.1) is 0 Å². The summed E-state index contributed by atoms with van der Waals surface area (Å²) < 4.78 is 11.9. The van der Waals surface area contributed by atoms with Crippen molar-refractivity contribution in [3.05, 3.63) is 0 Å². The minimum Gasteiger partial charge on any atom is -0.355 e. The van der Waals surface area contributed by atoms with E-state index in [2.05, 4.69) is 50.3 Å². The molecule has 0 aliphatic carbocycles. The fraction of sp³-hybridized carbons (Fsp3) is 1.00. The number of hydrogen-bond acceptors (Lipinski definition) is 2. The first-order chi connectivity index (χ1) is 11.6. The molecule has 0 fully saturated rings. The Hall–Kier alpha value is 0.650. The van der Waals surface area contributed by atoms with Crippen molar-refractivity contribution in [1.82, 2.24) is 0 Å². The summed E-state index contributed by atoms with van der Waals surface area (Å²) in [5.74, 6) is 1.66. The van der Waals surface area contributed by atoms with Gasteiger partial charge in [-0.1, -0.05) is 88.8 Å². The van der Waals surface area contributed by atoms with Gasteiger partial charge in [-0.25, -0.2) is 0 Å². The first-order valence-corrected chi connectivity index (χ1v) is 11.6. The number of ether oxygens (including phenoxy) is 2. The van der Waals surface area contributed by atoms with Crippen LogP contribution < -0.4 is 0 Å². The molecule has 0 amide bonds.